The van der Waals surface area contributed by atoms with Gasteiger partial charge in [0.15, 0.2) is 0 Å². The van der Waals surface area contributed by atoms with Crippen molar-refractivity contribution in [2.24, 2.45) is 0 Å². The summed E-state index contributed by atoms with van der Waals surface area (Å²) in [6.07, 6.45) is 5.00. The van der Waals surface area contributed by atoms with Crippen molar-refractivity contribution >= 4 is 17.9 Å². The summed E-state index contributed by atoms with van der Waals surface area (Å²) in [6.45, 7) is 9.47. The lowest BCUT2D eigenvalue weighted by atomic mass is 9.74. The molecule has 8 nitrogen and oxygen atoms in total. The Bertz CT molecular complexity index is 922. The van der Waals surface area contributed by atoms with E-state index < -0.39 is 5.60 Å². The van der Waals surface area contributed by atoms with Gasteiger partial charge in [0.1, 0.15) is 5.60 Å². The summed E-state index contributed by atoms with van der Waals surface area (Å²) in [5.41, 5.74) is 2.20. The van der Waals surface area contributed by atoms with Crippen LogP contribution in [0.1, 0.15) is 70.4 Å². The number of ether oxygens (including phenoxy) is 1. The largest absolute Gasteiger partial charge is 0.444 e. The first kappa shape index (κ1) is 29.0. The highest BCUT2D eigenvalue weighted by Crippen LogP contribution is 2.35. The smallest absolute Gasteiger partial charge is 0.410 e. The Kier molecular flexibility index (Phi) is 9.62. The first-order valence-electron chi connectivity index (χ1n) is 13.6. The van der Waals surface area contributed by atoms with Gasteiger partial charge < -0.3 is 24.8 Å². The third-order valence-corrected chi connectivity index (χ3v) is 7.73. The predicted molar refractivity (Wildman–Crippen MR) is 145 cm³/mol. The van der Waals surface area contributed by atoms with Crippen molar-refractivity contribution in [3.05, 3.63) is 35.4 Å². The lowest BCUT2D eigenvalue weighted by Gasteiger charge is -2.45. The summed E-state index contributed by atoms with van der Waals surface area (Å²) in [5.74, 6) is -0.0889. The summed E-state index contributed by atoms with van der Waals surface area (Å²) in [7, 11) is 4.32. The summed E-state index contributed by atoms with van der Waals surface area (Å²) < 4.78 is 5.41. The molecule has 37 heavy (non-hydrogen) atoms. The average molecular weight is 515 g/mol. The van der Waals surface area contributed by atoms with Crippen molar-refractivity contribution in [3.8, 4) is 0 Å². The molecule has 0 bridgehead atoms. The molecule has 0 spiro atoms. The number of aryl methyl sites for hydroxylation is 1. The minimum atomic E-state index is -0.537. The lowest BCUT2D eigenvalue weighted by Crippen LogP contribution is -2.52. The van der Waals surface area contributed by atoms with E-state index in [2.05, 4.69) is 55.5 Å². The van der Waals surface area contributed by atoms with E-state index in [1.807, 2.05) is 20.8 Å². The third kappa shape index (κ3) is 8.45. The summed E-state index contributed by atoms with van der Waals surface area (Å²) in [4.78, 5) is 43.2. The van der Waals surface area contributed by atoms with Gasteiger partial charge in [0.25, 0.3) is 0 Å². The zero-order valence-corrected chi connectivity index (χ0v) is 23.6. The zero-order valence-electron chi connectivity index (χ0n) is 23.6. The van der Waals surface area contributed by atoms with Crippen LogP contribution in [-0.2, 0) is 20.7 Å². The van der Waals surface area contributed by atoms with Gasteiger partial charge in [-0.2, -0.15) is 0 Å². The van der Waals surface area contributed by atoms with Gasteiger partial charge >= 0.3 is 6.09 Å². The Labute approximate surface area is 222 Å². The molecule has 0 aromatic heterocycles. The van der Waals surface area contributed by atoms with Crippen molar-refractivity contribution in [3.63, 3.8) is 0 Å². The Morgan fingerprint density at radius 3 is 2.08 bits per heavy atom. The molecule has 2 aliphatic rings. The Hall–Kier alpha value is -2.61. The second kappa shape index (κ2) is 12.3. The number of rotatable bonds is 7. The van der Waals surface area contributed by atoms with Crippen LogP contribution in [0.5, 0.6) is 0 Å². The van der Waals surface area contributed by atoms with Crippen LogP contribution in [0.3, 0.4) is 0 Å². The minimum Gasteiger partial charge on any atom is -0.444 e. The monoisotopic (exact) mass is 514 g/mol. The number of hydrogen-bond donors (Lipinski definition) is 1. The summed E-state index contributed by atoms with van der Waals surface area (Å²) in [5, 5.41) is 3.17. The maximum absolute atomic E-state index is 12.7. The quantitative estimate of drug-likeness (QED) is 0.599. The van der Waals surface area contributed by atoms with E-state index in [4.69, 9.17) is 4.74 Å². The molecule has 0 radical (unpaired) electrons. The molecule has 1 aliphatic carbocycles. The number of benzene rings is 1. The van der Waals surface area contributed by atoms with Crippen LogP contribution in [0.25, 0.3) is 0 Å². The fourth-order valence-electron chi connectivity index (χ4n) is 5.31. The fraction of sp³-hybridized carbons (Fsp3) is 0.690. The number of amides is 3. The molecule has 206 valence electrons. The van der Waals surface area contributed by atoms with Gasteiger partial charge in [-0.3, -0.25) is 9.59 Å². The van der Waals surface area contributed by atoms with Crippen LogP contribution in [0.4, 0.5) is 4.79 Å². The first-order valence-corrected chi connectivity index (χ1v) is 13.6. The molecule has 0 atom stereocenters. The molecule has 1 aromatic carbocycles. The Morgan fingerprint density at radius 1 is 0.973 bits per heavy atom. The van der Waals surface area contributed by atoms with E-state index in [-0.39, 0.29) is 42.3 Å². The van der Waals surface area contributed by atoms with Crippen LogP contribution >= 0.6 is 0 Å². The number of nitrogens with zero attached hydrogens (tertiary/aromatic N) is 3. The van der Waals surface area contributed by atoms with Gasteiger partial charge in [-0.05, 0) is 79.5 Å². The SMILES string of the molecule is Cc1ccc(CC2(N(C)C)CCC(NC(=O)CCC(=O)N3CCN(C(=O)OC(C)(C)C)CC3)CC2)cc1. The molecule has 0 unspecified atom stereocenters. The number of piperazine rings is 1. The highest BCUT2D eigenvalue weighted by molar-refractivity contribution is 5.84. The molecular weight excluding hydrogens is 468 g/mol. The lowest BCUT2D eigenvalue weighted by molar-refractivity contribution is -0.135. The Balaban J connectivity index is 1.39. The van der Waals surface area contributed by atoms with Crippen LogP contribution in [0.2, 0.25) is 0 Å². The van der Waals surface area contributed by atoms with Crippen molar-refractivity contribution in [2.45, 2.75) is 89.8 Å². The molecule has 8 heteroatoms. The molecule has 3 amide bonds. The molecule has 1 heterocycles. The third-order valence-electron chi connectivity index (χ3n) is 7.73. The zero-order chi connectivity index (χ0) is 27.2. The number of likely N-dealkylation sites (N-methyl/N-ethyl adjacent to an activating group) is 1. The second-order valence-corrected chi connectivity index (χ2v) is 12.0. The summed E-state index contributed by atoms with van der Waals surface area (Å²) in [6, 6.07) is 8.96. The highest BCUT2D eigenvalue weighted by atomic mass is 16.6. The molecule has 1 aromatic rings. The molecular formula is C29H46N4O4. The van der Waals surface area contributed by atoms with Gasteiger partial charge in [-0.15, -0.1) is 0 Å². The summed E-state index contributed by atoms with van der Waals surface area (Å²) >= 11 is 0. The Morgan fingerprint density at radius 2 is 1.54 bits per heavy atom. The van der Waals surface area contributed by atoms with E-state index in [0.29, 0.717) is 26.2 Å². The topological polar surface area (TPSA) is 82.2 Å². The normalized spacial score (nSPS) is 22.6. The van der Waals surface area contributed by atoms with E-state index in [0.717, 1.165) is 32.1 Å². The van der Waals surface area contributed by atoms with Crippen molar-refractivity contribution in [1.29, 1.82) is 0 Å². The maximum atomic E-state index is 12.7. The molecule has 1 N–H and O–H groups in total. The molecule has 2 fully saturated rings. The van der Waals surface area contributed by atoms with E-state index in [9.17, 15) is 14.4 Å². The van der Waals surface area contributed by atoms with Gasteiger partial charge in [-0.25, -0.2) is 4.79 Å². The first-order chi connectivity index (χ1) is 17.4. The van der Waals surface area contributed by atoms with Crippen molar-refractivity contribution < 1.29 is 19.1 Å². The highest BCUT2D eigenvalue weighted by Gasteiger charge is 2.37. The van der Waals surface area contributed by atoms with Crippen molar-refractivity contribution in [1.82, 2.24) is 20.0 Å². The van der Waals surface area contributed by atoms with Crippen LogP contribution < -0.4 is 5.32 Å². The van der Waals surface area contributed by atoms with Gasteiger partial charge in [0.05, 0.1) is 0 Å². The van der Waals surface area contributed by atoms with Crippen LogP contribution in [0, 0.1) is 6.92 Å². The average Bonchev–Trinajstić information content (AvgIpc) is 2.84. The fourth-order valence-corrected chi connectivity index (χ4v) is 5.31. The molecule has 3 rings (SSSR count). The van der Waals surface area contributed by atoms with E-state index >= 15 is 0 Å². The number of nitrogens with one attached hydrogen (secondary N) is 1. The standard InChI is InChI=1S/C29H46N4O4/c1-22-7-9-23(10-8-22)21-29(31(5)6)15-13-24(14-16-29)30-25(34)11-12-26(35)32-17-19-33(20-18-32)27(36)37-28(2,3)4/h7-10,24H,11-21H2,1-6H3,(H,30,34). The number of carbonyl (C=O) groups excluding carboxylic acids is 3. The van der Waals surface area contributed by atoms with Crippen molar-refractivity contribution in [2.75, 3.05) is 40.3 Å². The predicted octanol–water partition coefficient (Wildman–Crippen LogP) is 3.76. The van der Waals surface area contributed by atoms with Gasteiger partial charge in [-0.1, -0.05) is 29.8 Å². The molecule has 1 aliphatic heterocycles. The van der Waals surface area contributed by atoms with Gasteiger partial charge in [0, 0.05) is 50.6 Å². The van der Waals surface area contributed by atoms with Crippen LogP contribution in [0.15, 0.2) is 24.3 Å². The molecule has 1 saturated carbocycles. The number of hydrogen-bond acceptors (Lipinski definition) is 5. The number of carbonyl (C=O) groups is 3. The second-order valence-electron chi connectivity index (χ2n) is 12.0. The van der Waals surface area contributed by atoms with Gasteiger partial charge in [0.2, 0.25) is 11.8 Å². The maximum Gasteiger partial charge on any atom is 0.410 e. The minimum absolute atomic E-state index is 0.0349. The van der Waals surface area contributed by atoms with Crippen LogP contribution in [-0.4, -0.2) is 90.1 Å². The molecule has 1 saturated heterocycles. The van der Waals surface area contributed by atoms with E-state index in [1.54, 1.807) is 9.80 Å². The van der Waals surface area contributed by atoms with E-state index in [1.165, 1.54) is 11.1 Å².